The van der Waals surface area contributed by atoms with Gasteiger partial charge >= 0.3 is 0 Å². The zero-order valence-corrected chi connectivity index (χ0v) is 60.7. The summed E-state index contributed by atoms with van der Waals surface area (Å²) in [6.45, 7) is 0. The summed E-state index contributed by atoms with van der Waals surface area (Å²) in [6.07, 6.45) is 13.1. The average molecular weight is 1410 g/mol. The predicted octanol–water partition coefficient (Wildman–Crippen LogP) is 30.0. The zero-order valence-electron chi connectivity index (χ0n) is 60.7. The van der Waals surface area contributed by atoms with E-state index in [0.717, 1.165) is 118 Å². The van der Waals surface area contributed by atoms with Gasteiger partial charge in [0.2, 0.25) is 0 Å². The first-order valence-corrected chi connectivity index (χ1v) is 37.6. The molecule has 0 aromatic heterocycles. The normalized spacial score (nSPS) is 11.5. The van der Waals surface area contributed by atoms with Gasteiger partial charge in [-0.25, -0.2) is 0 Å². The van der Waals surface area contributed by atoms with E-state index in [-0.39, 0.29) is 0 Å². The third-order valence-electron chi connectivity index (χ3n) is 20.7. The summed E-state index contributed by atoms with van der Waals surface area (Å²) in [7, 11) is 0. The van der Waals surface area contributed by atoms with Crippen molar-refractivity contribution in [2.75, 3.05) is 19.6 Å². The van der Waals surface area contributed by atoms with Crippen LogP contribution in [0.25, 0.3) is 102 Å². The van der Waals surface area contributed by atoms with Gasteiger partial charge in [-0.2, -0.15) is 0 Å². The number of para-hydroxylation sites is 1. The van der Waals surface area contributed by atoms with Crippen LogP contribution in [0.15, 0.2) is 425 Å². The van der Waals surface area contributed by atoms with Crippen LogP contribution in [0.2, 0.25) is 0 Å². The minimum absolute atomic E-state index is 1.06. The van der Waals surface area contributed by atoms with Gasteiger partial charge < -0.3 is 19.6 Å². The molecule has 0 unspecified atom stereocenters. The summed E-state index contributed by atoms with van der Waals surface area (Å²) in [4.78, 5) is 9.40. The lowest BCUT2D eigenvalue weighted by molar-refractivity contribution is 1.28. The highest BCUT2D eigenvalue weighted by atomic mass is 15.2. The Morgan fingerprint density at radius 1 is 0.118 bits per heavy atom. The average Bonchev–Trinajstić information content (AvgIpc) is 0.816. The van der Waals surface area contributed by atoms with Gasteiger partial charge in [-0.3, -0.25) is 0 Å². The lowest BCUT2D eigenvalue weighted by Crippen LogP contribution is -2.10. The van der Waals surface area contributed by atoms with Crippen molar-refractivity contribution >= 4 is 148 Å². The molecule has 0 bridgehead atoms. The summed E-state index contributed by atoms with van der Waals surface area (Å²) in [5.74, 6) is 0. The highest BCUT2D eigenvalue weighted by Crippen LogP contribution is 2.44. The maximum Gasteiger partial charge on any atom is 0.0468 e. The molecule has 0 spiro atoms. The van der Waals surface area contributed by atoms with Gasteiger partial charge in [-0.15, -0.1) is 0 Å². The Bertz CT molecular complexity index is 6260. The van der Waals surface area contributed by atoms with Crippen molar-refractivity contribution < 1.29 is 0 Å². The molecule has 0 N–H and O–H groups in total. The number of anilines is 12. The smallest absolute Gasteiger partial charge is 0.0468 e. The van der Waals surface area contributed by atoms with Crippen LogP contribution >= 0.6 is 0 Å². The standard InChI is InChI=1S/C106H76N4/c1-4-16-77(17-5-1)28-30-79-34-54-96(55-35-79)107(95-26-8-3-9-27-95)100-62-44-86(45-63-100)87-46-64-101(65-47-87)108(97-56-36-80(37-57-97)31-29-78-18-6-2-7-19-78)102-66-48-88(49-67-102)92-42-43-94-76-106(71-53-93(94)72-92)110(105-70-52-85-22-12-15-25-91(85)75-105)99-60-40-82(41-61-99)33-32-81-38-58-98(59-39-81)109(103-68-50-83-20-10-13-23-89(83)73-103)104-69-51-84-21-11-14-24-90(84)74-104/h1-76H/b30-28+,31-29+,33-32+. The summed E-state index contributed by atoms with van der Waals surface area (Å²) in [6, 6.07) is 153. The van der Waals surface area contributed by atoms with E-state index in [9.17, 15) is 0 Å². The first kappa shape index (κ1) is 67.3. The first-order valence-electron chi connectivity index (χ1n) is 37.6. The van der Waals surface area contributed by atoms with E-state index >= 15 is 0 Å². The van der Waals surface area contributed by atoms with Crippen LogP contribution in [0, 0.1) is 0 Å². The van der Waals surface area contributed by atoms with Crippen molar-refractivity contribution in [1.29, 1.82) is 0 Å². The number of rotatable bonds is 20. The van der Waals surface area contributed by atoms with Gasteiger partial charge in [0.15, 0.2) is 0 Å². The largest absolute Gasteiger partial charge is 0.311 e. The van der Waals surface area contributed by atoms with Crippen LogP contribution in [0.5, 0.6) is 0 Å². The van der Waals surface area contributed by atoms with Crippen LogP contribution in [0.1, 0.15) is 33.4 Å². The van der Waals surface area contributed by atoms with Crippen molar-refractivity contribution in [3.05, 3.63) is 458 Å². The van der Waals surface area contributed by atoms with E-state index in [0.29, 0.717) is 0 Å². The summed E-state index contributed by atoms with van der Waals surface area (Å²) < 4.78 is 0. The quantitative estimate of drug-likeness (QED) is 0.0705. The van der Waals surface area contributed by atoms with Gasteiger partial charge in [-0.1, -0.05) is 309 Å². The predicted molar refractivity (Wildman–Crippen MR) is 472 cm³/mol. The van der Waals surface area contributed by atoms with Crippen LogP contribution in [-0.4, -0.2) is 0 Å². The maximum absolute atomic E-state index is 2.38. The molecule has 4 nitrogen and oxygen atoms in total. The lowest BCUT2D eigenvalue weighted by atomic mass is 9.99. The van der Waals surface area contributed by atoms with Crippen molar-refractivity contribution in [2.24, 2.45) is 0 Å². The molecule has 0 saturated carbocycles. The first-order chi connectivity index (χ1) is 54.4. The molecule has 0 amide bonds. The molecule has 0 aliphatic heterocycles. The molecule has 0 radical (unpaired) electrons. The topological polar surface area (TPSA) is 13.0 Å². The Labute approximate surface area is 643 Å². The molecule has 18 aromatic rings. The highest BCUT2D eigenvalue weighted by Gasteiger charge is 2.20. The number of benzene rings is 18. The van der Waals surface area contributed by atoms with E-state index in [1.165, 1.54) is 48.8 Å². The summed E-state index contributed by atoms with van der Waals surface area (Å²) >= 11 is 0. The second-order valence-electron chi connectivity index (χ2n) is 27.8. The van der Waals surface area contributed by atoms with E-state index in [2.05, 4.69) is 475 Å². The molecular formula is C106H76N4. The summed E-state index contributed by atoms with van der Waals surface area (Å²) in [5, 5.41) is 9.59. The molecule has 520 valence electrons. The molecular weight excluding hydrogens is 1330 g/mol. The SMILES string of the molecule is C(=C\c1ccc(N(c2ccccc2)c2ccc(-c3ccc(N(c4ccc(/C=C/c5ccccc5)cc4)c4ccc(-c5ccc6cc(N(c7ccc(/C=C/c8ccc(N(c9ccc%10ccccc%10c9)c9ccc%10ccccc%10c9)cc8)cc7)c7ccc8ccccc8c7)ccc6c5)cc4)cc3)cc2)cc1)/c1ccccc1. The van der Waals surface area contributed by atoms with Gasteiger partial charge in [0.1, 0.15) is 0 Å². The van der Waals surface area contributed by atoms with Gasteiger partial charge in [-0.05, 0) is 250 Å². The maximum atomic E-state index is 2.38. The van der Waals surface area contributed by atoms with Crippen molar-refractivity contribution in [1.82, 2.24) is 0 Å². The van der Waals surface area contributed by atoms with Crippen molar-refractivity contribution in [2.45, 2.75) is 0 Å². The number of hydrogen-bond donors (Lipinski definition) is 0. The van der Waals surface area contributed by atoms with E-state index in [1.807, 2.05) is 6.07 Å². The van der Waals surface area contributed by atoms with E-state index in [4.69, 9.17) is 0 Å². The Balaban J connectivity index is 0.604. The minimum Gasteiger partial charge on any atom is -0.311 e. The Morgan fingerprint density at radius 2 is 0.300 bits per heavy atom. The molecule has 0 aliphatic rings. The fourth-order valence-electron chi connectivity index (χ4n) is 14.9. The Kier molecular flexibility index (Phi) is 18.9. The van der Waals surface area contributed by atoms with Gasteiger partial charge in [0.05, 0.1) is 0 Å². The van der Waals surface area contributed by atoms with Crippen LogP contribution in [-0.2, 0) is 0 Å². The fourth-order valence-corrected chi connectivity index (χ4v) is 14.9. The second-order valence-corrected chi connectivity index (χ2v) is 27.8. The van der Waals surface area contributed by atoms with Crippen LogP contribution in [0.3, 0.4) is 0 Å². The number of fused-ring (bicyclic) bond motifs is 4. The molecule has 4 heteroatoms. The van der Waals surface area contributed by atoms with Crippen molar-refractivity contribution in [3.8, 4) is 22.3 Å². The molecule has 0 aliphatic carbocycles. The number of nitrogens with zero attached hydrogens (tertiary/aromatic N) is 4. The summed E-state index contributed by atoms with van der Waals surface area (Å²) in [5.41, 5.74) is 24.5. The molecule has 18 rings (SSSR count). The molecule has 0 atom stereocenters. The highest BCUT2D eigenvalue weighted by molar-refractivity contribution is 5.97. The van der Waals surface area contributed by atoms with Crippen LogP contribution in [0.4, 0.5) is 68.2 Å². The molecule has 0 heterocycles. The van der Waals surface area contributed by atoms with E-state index in [1.54, 1.807) is 0 Å². The number of hydrogen-bond acceptors (Lipinski definition) is 4. The second kappa shape index (κ2) is 30.9. The lowest BCUT2D eigenvalue weighted by Gasteiger charge is -2.26. The van der Waals surface area contributed by atoms with Gasteiger partial charge in [0, 0.05) is 68.2 Å². The van der Waals surface area contributed by atoms with Crippen LogP contribution < -0.4 is 19.6 Å². The monoisotopic (exact) mass is 1400 g/mol. The third-order valence-corrected chi connectivity index (χ3v) is 20.7. The zero-order chi connectivity index (χ0) is 73.4. The minimum atomic E-state index is 1.06. The van der Waals surface area contributed by atoms with Gasteiger partial charge in [0.25, 0.3) is 0 Å². The fraction of sp³-hybridized carbons (Fsp3) is 0. The third kappa shape index (κ3) is 14.8. The van der Waals surface area contributed by atoms with E-state index < -0.39 is 0 Å². The molecule has 0 fully saturated rings. The molecule has 110 heavy (non-hydrogen) atoms. The molecule has 18 aromatic carbocycles. The Hall–Kier alpha value is -14.6. The Morgan fingerprint density at radius 3 is 0.609 bits per heavy atom. The van der Waals surface area contributed by atoms with Crippen molar-refractivity contribution in [3.63, 3.8) is 0 Å². The molecule has 0 saturated heterocycles.